The van der Waals surface area contributed by atoms with Crippen molar-refractivity contribution in [1.29, 1.82) is 0 Å². The van der Waals surface area contributed by atoms with Gasteiger partial charge in [-0.1, -0.05) is 0 Å². The quantitative estimate of drug-likeness (QED) is 0.496. The summed E-state index contributed by atoms with van der Waals surface area (Å²) in [5.74, 6) is 1.04. The molecule has 0 spiro atoms. The van der Waals surface area contributed by atoms with Crippen LogP contribution in [-0.2, 0) is 0 Å². The third-order valence-corrected chi connectivity index (χ3v) is 2.00. The predicted octanol–water partition coefficient (Wildman–Crippen LogP) is -0.454. The van der Waals surface area contributed by atoms with E-state index in [4.69, 9.17) is 0 Å². The topological polar surface area (TPSA) is 39.7 Å². The van der Waals surface area contributed by atoms with E-state index in [1.165, 1.54) is 6.42 Å². The van der Waals surface area contributed by atoms with E-state index >= 15 is 0 Å². The number of hydrogen-bond donors (Lipinski definition) is 2. The molecule has 0 aliphatic carbocycles. The van der Waals surface area contributed by atoms with Gasteiger partial charge in [-0.3, -0.25) is 10.0 Å². The molecule has 0 aromatic carbocycles. The Bertz CT molecular complexity index is 160. The lowest BCUT2D eigenvalue weighted by Crippen LogP contribution is -2.47. The van der Waals surface area contributed by atoms with Gasteiger partial charge in [0.15, 0.2) is 0 Å². The lowest BCUT2D eigenvalue weighted by atomic mass is 10.4. The van der Waals surface area contributed by atoms with Gasteiger partial charge in [-0.2, -0.15) is 0 Å². The molecule has 1 fully saturated rings. The zero-order valence-corrected chi connectivity index (χ0v) is 6.64. The zero-order chi connectivity index (χ0) is 7.52. The van der Waals surface area contributed by atoms with Crippen LogP contribution in [-0.4, -0.2) is 37.1 Å². The molecule has 62 valence electrons. The van der Waals surface area contributed by atoms with Crippen molar-refractivity contribution in [1.82, 2.24) is 15.8 Å². The van der Waals surface area contributed by atoms with Gasteiger partial charge in [0.25, 0.3) is 0 Å². The minimum absolute atomic E-state index is 0.973. The first-order chi connectivity index (χ1) is 5.47. The first-order valence-corrected chi connectivity index (χ1v) is 4.26. The number of nitrogens with zero attached hydrogens (tertiary/aromatic N) is 2. The van der Waals surface area contributed by atoms with Crippen molar-refractivity contribution in [2.45, 2.75) is 12.8 Å². The third-order valence-electron chi connectivity index (χ3n) is 2.00. The molecule has 2 heterocycles. The summed E-state index contributed by atoms with van der Waals surface area (Å²) in [6, 6.07) is 0. The molecule has 0 bridgehead atoms. The Morgan fingerprint density at radius 1 is 1.27 bits per heavy atom. The van der Waals surface area contributed by atoms with Gasteiger partial charge < -0.3 is 5.32 Å². The fourth-order valence-electron chi connectivity index (χ4n) is 1.41. The van der Waals surface area contributed by atoms with E-state index in [9.17, 15) is 0 Å². The zero-order valence-electron chi connectivity index (χ0n) is 6.64. The highest BCUT2D eigenvalue weighted by Gasteiger charge is 2.16. The van der Waals surface area contributed by atoms with Gasteiger partial charge in [0.1, 0.15) is 0 Å². The summed E-state index contributed by atoms with van der Waals surface area (Å²) in [6.07, 6.45) is 2.39. The highest BCUT2D eigenvalue weighted by molar-refractivity contribution is 5.80. The van der Waals surface area contributed by atoms with Gasteiger partial charge in [0.05, 0.1) is 0 Å². The molecule has 0 atom stereocenters. The lowest BCUT2D eigenvalue weighted by Gasteiger charge is -2.23. The van der Waals surface area contributed by atoms with Crippen molar-refractivity contribution in [3.8, 4) is 0 Å². The van der Waals surface area contributed by atoms with E-state index in [-0.39, 0.29) is 0 Å². The van der Waals surface area contributed by atoms with Gasteiger partial charge in [-0.15, -0.1) is 0 Å². The molecule has 0 radical (unpaired) electrons. The first-order valence-electron chi connectivity index (χ1n) is 4.26. The number of rotatable bonds is 0. The van der Waals surface area contributed by atoms with Crippen LogP contribution < -0.4 is 10.7 Å². The third kappa shape index (κ3) is 1.45. The molecular weight excluding hydrogens is 140 g/mol. The Labute approximate surface area is 66.6 Å². The number of guanidine groups is 1. The number of aliphatic imine (C=N–C) groups is 1. The molecule has 4 nitrogen and oxygen atoms in total. The van der Waals surface area contributed by atoms with Crippen LogP contribution in [0.4, 0.5) is 0 Å². The van der Waals surface area contributed by atoms with Crippen molar-refractivity contribution < 1.29 is 0 Å². The van der Waals surface area contributed by atoms with E-state index < -0.39 is 0 Å². The average molecular weight is 154 g/mol. The van der Waals surface area contributed by atoms with Crippen LogP contribution >= 0.6 is 0 Å². The van der Waals surface area contributed by atoms with E-state index in [2.05, 4.69) is 20.7 Å². The maximum absolute atomic E-state index is 4.38. The summed E-state index contributed by atoms with van der Waals surface area (Å²) in [5, 5.41) is 5.38. The highest BCUT2D eigenvalue weighted by Crippen LogP contribution is 1.99. The number of hydrazine groups is 1. The monoisotopic (exact) mass is 154 g/mol. The lowest BCUT2D eigenvalue weighted by molar-refractivity contribution is 0.381. The Kier molecular flexibility index (Phi) is 1.94. The summed E-state index contributed by atoms with van der Waals surface area (Å²) >= 11 is 0. The minimum Gasteiger partial charge on any atom is -0.355 e. The summed E-state index contributed by atoms with van der Waals surface area (Å²) in [6.45, 7) is 4.21. The molecule has 0 aromatic heterocycles. The fraction of sp³-hybridized carbons (Fsp3) is 0.857. The second kappa shape index (κ2) is 3.09. The van der Waals surface area contributed by atoms with Crippen molar-refractivity contribution in [2.75, 3.05) is 26.2 Å². The van der Waals surface area contributed by atoms with Crippen molar-refractivity contribution in [3.63, 3.8) is 0 Å². The Morgan fingerprint density at radius 2 is 2.27 bits per heavy atom. The molecule has 4 heteroatoms. The second-order valence-electron chi connectivity index (χ2n) is 2.90. The van der Waals surface area contributed by atoms with Gasteiger partial charge in [-0.25, -0.2) is 5.43 Å². The fourth-order valence-corrected chi connectivity index (χ4v) is 1.41. The Balaban J connectivity index is 1.96. The molecule has 1 saturated heterocycles. The molecule has 2 N–H and O–H groups in total. The summed E-state index contributed by atoms with van der Waals surface area (Å²) in [5.41, 5.74) is 3.27. The smallest absolute Gasteiger partial charge is 0.208 e. The van der Waals surface area contributed by atoms with Crippen LogP contribution in [0.15, 0.2) is 4.99 Å². The summed E-state index contributed by atoms with van der Waals surface area (Å²) in [4.78, 5) is 4.38. The largest absolute Gasteiger partial charge is 0.355 e. The molecule has 2 aliphatic heterocycles. The molecule has 0 saturated carbocycles. The van der Waals surface area contributed by atoms with Crippen LogP contribution in [0.2, 0.25) is 0 Å². The average Bonchev–Trinajstić information content (AvgIpc) is 2.58. The maximum Gasteiger partial charge on any atom is 0.208 e. The molecule has 0 aromatic rings. The SMILES string of the molecule is C1CN=C(N2CCCN2)NC1. The van der Waals surface area contributed by atoms with Crippen LogP contribution in [0.1, 0.15) is 12.8 Å². The van der Waals surface area contributed by atoms with Gasteiger partial charge in [0.2, 0.25) is 5.96 Å². The highest BCUT2D eigenvalue weighted by atomic mass is 15.6. The molecule has 11 heavy (non-hydrogen) atoms. The summed E-state index contributed by atoms with van der Waals surface area (Å²) in [7, 11) is 0. The van der Waals surface area contributed by atoms with E-state index in [0.717, 1.165) is 38.6 Å². The molecular formula is C7H14N4. The van der Waals surface area contributed by atoms with Crippen LogP contribution in [0.5, 0.6) is 0 Å². The van der Waals surface area contributed by atoms with Crippen molar-refractivity contribution in [3.05, 3.63) is 0 Å². The first kappa shape index (κ1) is 6.91. The van der Waals surface area contributed by atoms with Crippen LogP contribution in [0, 0.1) is 0 Å². The predicted molar refractivity (Wildman–Crippen MR) is 44.2 cm³/mol. The molecule has 0 amide bonds. The van der Waals surface area contributed by atoms with Crippen molar-refractivity contribution in [2.24, 2.45) is 4.99 Å². The minimum atomic E-state index is 0.973. The van der Waals surface area contributed by atoms with Gasteiger partial charge in [-0.05, 0) is 12.8 Å². The van der Waals surface area contributed by atoms with Crippen LogP contribution in [0.3, 0.4) is 0 Å². The van der Waals surface area contributed by atoms with Crippen LogP contribution in [0.25, 0.3) is 0 Å². The molecule has 2 rings (SSSR count). The normalized spacial score (nSPS) is 24.7. The molecule has 0 unspecified atom stereocenters. The second-order valence-corrected chi connectivity index (χ2v) is 2.90. The standard InChI is InChI=1S/C7H14N4/c1-3-8-7(9-4-1)11-6-2-5-10-11/h10H,1-6H2,(H,8,9). The number of nitrogens with one attached hydrogen (secondary N) is 2. The van der Waals surface area contributed by atoms with E-state index in [1.807, 2.05) is 0 Å². The Morgan fingerprint density at radius 3 is 2.91 bits per heavy atom. The molecule has 2 aliphatic rings. The van der Waals surface area contributed by atoms with Gasteiger partial charge in [0, 0.05) is 26.2 Å². The Hall–Kier alpha value is -0.770. The van der Waals surface area contributed by atoms with Crippen molar-refractivity contribution >= 4 is 5.96 Å². The summed E-state index contributed by atoms with van der Waals surface area (Å²) < 4.78 is 0. The van der Waals surface area contributed by atoms with Gasteiger partial charge >= 0.3 is 0 Å². The maximum atomic E-state index is 4.38. The van der Waals surface area contributed by atoms with E-state index in [1.54, 1.807) is 0 Å². The van der Waals surface area contributed by atoms with E-state index in [0.29, 0.717) is 0 Å². The number of hydrogen-bond acceptors (Lipinski definition) is 4.